The van der Waals surface area contributed by atoms with E-state index in [1.807, 2.05) is 73.0 Å². The molecule has 2 aromatic carbocycles. The van der Waals surface area contributed by atoms with Gasteiger partial charge in [-0.1, -0.05) is 61.6 Å². The lowest BCUT2D eigenvalue weighted by Gasteiger charge is -2.44. The molecular weight excluding hydrogens is 398 g/mol. The number of benzene rings is 2. The largest absolute Gasteiger partial charge is 0.351 e. The molecule has 1 saturated carbocycles. The second-order valence-corrected chi connectivity index (χ2v) is 9.59. The van der Waals surface area contributed by atoms with Crippen LogP contribution in [0, 0.1) is 6.92 Å². The fraction of sp³-hybridized carbons (Fsp3) is 0.407. The van der Waals surface area contributed by atoms with Crippen molar-refractivity contribution in [2.75, 3.05) is 4.90 Å². The first-order valence-electron chi connectivity index (χ1n) is 11.8. The number of aryl methyl sites for hydroxylation is 1. The van der Waals surface area contributed by atoms with Crippen molar-refractivity contribution >= 4 is 28.4 Å². The van der Waals surface area contributed by atoms with Gasteiger partial charge in [0.25, 0.3) is 5.91 Å². The molecule has 1 aliphatic heterocycles. The summed E-state index contributed by atoms with van der Waals surface area (Å²) in [6.45, 7) is 4.36. The van der Waals surface area contributed by atoms with Crippen LogP contribution >= 0.6 is 0 Å². The van der Waals surface area contributed by atoms with Crippen LogP contribution in [0.25, 0.3) is 10.9 Å². The summed E-state index contributed by atoms with van der Waals surface area (Å²) in [4.78, 5) is 29.4. The average Bonchev–Trinajstić information content (AvgIpc) is 2.96. The van der Waals surface area contributed by atoms with E-state index in [1.54, 1.807) is 4.90 Å². The highest BCUT2D eigenvalue weighted by molar-refractivity contribution is 6.14. The van der Waals surface area contributed by atoms with E-state index in [0.717, 1.165) is 47.8 Å². The van der Waals surface area contributed by atoms with Crippen LogP contribution in [-0.4, -0.2) is 28.0 Å². The minimum Gasteiger partial charge on any atom is -0.351 e. The van der Waals surface area contributed by atoms with Crippen LogP contribution in [0.5, 0.6) is 0 Å². The molecule has 0 unspecified atom stereocenters. The van der Waals surface area contributed by atoms with Gasteiger partial charge in [0.2, 0.25) is 5.91 Å². The maximum atomic E-state index is 13.9. The number of para-hydroxylation sites is 1. The van der Waals surface area contributed by atoms with Crippen molar-refractivity contribution in [1.29, 1.82) is 0 Å². The van der Waals surface area contributed by atoms with E-state index in [2.05, 4.69) is 5.32 Å². The van der Waals surface area contributed by atoms with Crippen molar-refractivity contribution in [3.63, 3.8) is 0 Å². The summed E-state index contributed by atoms with van der Waals surface area (Å²) in [7, 11) is 0. The molecule has 0 bridgehead atoms. The van der Waals surface area contributed by atoms with Gasteiger partial charge in [-0.05, 0) is 51.0 Å². The summed E-state index contributed by atoms with van der Waals surface area (Å²) in [5.74, 6) is -0.198. The minimum atomic E-state index is -1.02. The first-order chi connectivity index (χ1) is 15.5. The number of carbonyl (C=O) groups excluding carboxylic acids is 2. The molecule has 5 nitrogen and oxygen atoms in total. The third kappa shape index (κ3) is 3.50. The quantitative estimate of drug-likeness (QED) is 0.581. The number of carbonyl (C=O) groups is 2. The highest BCUT2D eigenvalue weighted by Crippen LogP contribution is 2.36. The number of amides is 2. The predicted octanol–water partition coefficient (Wildman–Crippen LogP) is 5.21. The molecule has 2 amide bonds. The normalized spacial score (nSPS) is 21.9. The molecule has 5 heteroatoms. The van der Waals surface area contributed by atoms with Crippen LogP contribution in [0.15, 0.2) is 54.6 Å². The molecule has 0 spiro atoms. The second kappa shape index (κ2) is 8.12. The van der Waals surface area contributed by atoms with Crippen molar-refractivity contribution in [2.45, 2.75) is 70.5 Å². The number of nitrogens with one attached hydrogen (secondary N) is 1. The Hall–Kier alpha value is -3.08. The van der Waals surface area contributed by atoms with Gasteiger partial charge in [0.1, 0.15) is 11.2 Å². The monoisotopic (exact) mass is 429 g/mol. The zero-order chi connectivity index (χ0) is 22.3. The van der Waals surface area contributed by atoms with Crippen LogP contribution in [0.4, 0.5) is 5.69 Å². The predicted molar refractivity (Wildman–Crippen MR) is 128 cm³/mol. The van der Waals surface area contributed by atoms with E-state index < -0.39 is 5.54 Å². The fourth-order valence-electron chi connectivity index (χ4n) is 5.31. The summed E-state index contributed by atoms with van der Waals surface area (Å²) in [6.07, 6.45) is 6.78. The van der Waals surface area contributed by atoms with Crippen LogP contribution in [0.2, 0.25) is 0 Å². The first-order valence-corrected chi connectivity index (χ1v) is 11.8. The van der Waals surface area contributed by atoms with Crippen LogP contribution in [0.3, 0.4) is 0 Å². The van der Waals surface area contributed by atoms with Gasteiger partial charge in [0, 0.05) is 22.6 Å². The Morgan fingerprint density at radius 1 is 1.00 bits per heavy atom. The number of anilines is 1. The van der Waals surface area contributed by atoms with Crippen molar-refractivity contribution in [3.05, 3.63) is 65.9 Å². The van der Waals surface area contributed by atoms with Gasteiger partial charge in [-0.15, -0.1) is 0 Å². The molecule has 1 aliphatic carbocycles. The Labute approximate surface area is 189 Å². The summed E-state index contributed by atoms with van der Waals surface area (Å²) in [6, 6.07) is 18.0. The summed E-state index contributed by atoms with van der Waals surface area (Å²) >= 11 is 0. The van der Waals surface area contributed by atoms with E-state index >= 15 is 0 Å². The molecule has 1 N–H and O–H groups in total. The summed E-state index contributed by atoms with van der Waals surface area (Å²) in [5.41, 5.74) is 2.49. The maximum Gasteiger partial charge on any atom is 0.275 e. The Morgan fingerprint density at radius 2 is 1.69 bits per heavy atom. The van der Waals surface area contributed by atoms with Gasteiger partial charge in [-0.25, -0.2) is 0 Å². The van der Waals surface area contributed by atoms with Gasteiger partial charge in [-0.3, -0.25) is 14.5 Å². The third-order valence-corrected chi connectivity index (χ3v) is 7.16. The van der Waals surface area contributed by atoms with Crippen molar-refractivity contribution in [2.24, 2.45) is 0 Å². The van der Waals surface area contributed by atoms with Gasteiger partial charge in [-0.2, -0.15) is 0 Å². The molecule has 2 heterocycles. The number of fused-ring (bicyclic) bond motifs is 3. The van der Waals surface area contributed by atoms with Crippen LogP contribution < -0.4 is 10.2 Å². The summed E-state index contributed by atoms with van der Waals surface area (Å²) < 4.78 is 2.02. The Balaban J connectivity index is 1.59. The lowest BCUT2D eigenvalue weighted by molar-refractivity contribution is -0.127. The maximum absolute atomic E-state index is 13.9. The number of aromatic nitrogens is 1. The average molecular weight is 430 g/mol. The molecule has 32 heavy (non-hydrogen) atoms. The van der Waals surface area contributed by atoms with Crippen molar-refractivity contribution in [3.8, 4) is 0 Å². The molecule has 0 radical (unpaired) electrons. The molecule has 1 atom stereocenters. The Morgan fingerprint density at radius 3 is 2.41 bits per heavy atom. The topological polar surface area (TPSA) is 54.3 Å². The van der Waals surface area contributed by atoms with Gasteiger partial charge in [0.15, 0.2) is 0 Å². The molecule has 5 rings (SSSR count). The summed E-state index contributed by atoms with van der Waals surface area (Å²) in [5, 5.41) is 4.35. The van der Waals surface area contributed by atoms with E-state index in [9.17, 15) is 9.59 Å². The zero-order valence-corrected chi connectivity index (χ0v) is 18.9. The third-order valence-electron chi connectivity index (χ3n) is 7.16. The van der Waals surface area contributed by atoms with Crippen LogP contribution in [-0.2, 0) is 11.3 Å². The Kier molecular flexibility index (Phi) is 5.28. The molecule has 2 aliphatic rings. The number of nitrogens with zero attached hydrogens (tertiary/aromatic N) is 2. The van der Waals surface area contributed by atoms with E-state index in [1.165, 1.54) is 12.8 Å². The standard InChI is InChI=1S/C27H31N3O2/c1-19-13-15-22(16-14-19)30-25(31)24-17-20-9-7-8-12-23(20)29(24)18-27(30,2)26(32)28-21-10-5-3-4-6-11-21/h7-9,12-17,21H,3-6,10-11,18H2,1-2H3,(H,28,32)/t27-/m1/s1. The number of hydrogen-bond acceptors (Lipinski definition) is 2. The first kappa shape index (κ1) is 20.8. The Bertz CT molecular complexity index is 1160. The molecular formula is C27H31N3O2. The lowest BCUT2D eigenvalue weighted by Crippen LogP contribution is -2.65. The SMILES string of the molecule is Cc1ccc(N2C(=O)c3cc4ccccc4n3C[C@]2(C)C(=O)NC2CCCCCC2)cc1. The van der Waals surface area contributed by atoms with Gasteiger partial charge < -0.3 is 9.88 Å². The fourth-order valence-corrected chi connectivity index (χ4v) is 5.31. The molecule has 166 valence electrons. The number of rotatable bonds is 3. The smallest absolute Gasteiger partial charge is 0.275 e. The molecule has 1 fully saturated rings. The molecule has 1 aromatic heterocycles. The van der Waals surface area contributed by atoms with Crippen LogP contribution in [0.1, 0.15) is 61.5 Å². The highest BCUT2D eigenvalue weighted by atomic mass is 16.2. The van der Waals surface area contributed by atoms with Crippen molar-refractivity contribution in [1.82, 2.24) is 9.88 Å². The molecule has 3 aromatic rings. The van der Waals surface area contributed by atoms with E-state index in [0.29, 0.717) is 12.2 Å². The van der Waals surface area contributed by atoms with E-state index in [-0.39, 0.29) is 17.9 Å². The van der Waals surface area contributed by atoms with E-state index in [4.69, 9.17) is 0 Å². The number of hydrogen-bond donors (Lipinski definition) is 1. The van der Waals surface area contributed by atoms with Gasteiger partial charge in [0.05, 0.1) is 6.54 Å². The molecule has 0 saturated heterocycles. The van der Waals surface area contributed by atoms with Gasteiger partial charge >= 0.3 is 0 Å². The lowest BCUT2D eigenvalue weighted by atomic mass is 9.92. The zero-order valence-electron chi connectivity index (χ0n) is 18.9. The highest BCUT2D eigenvalue weighted by Gasteiger charge is 2.49. The van der Waals surface area contributed by atoms with Crippen molar-refractivity contribution < 1.29 is 9.59 Å². The minimum absolute atomic E-state index is 0.0678. The second-order valence-electron chi connectivity index (χ2n) is 9.59.